The molecule has 1 saturated heterocycles. The molecule has 7 N–H and O–H groups in total. The fraction of sp³-hybridized carbons (Fsp3) is 0.375. The van der Waals surface area contributed by atoms with Gasteiger partial charge in [-0.15, -0.1) is 0 Å². The van der Waals surface area contributed by atoms with Crippen LogP contribution in [0.2, 0.25) is 5.02 Å². The van der Waals surface area contributed by atoms with Crippen molar-refractivity contribution in [1.29, 1.82) is 0 Å². The Balaban J connectivity index is 1.44. The Hall–Kier alpha value is -3.63. The number of amides is 2. The highest BCUT2D eigenvalue weighted by Gasteiger charge is 2.30. The van der Waals surface area contributed by atoms with Crippen LogP contribution in [0.4, 0.5) is 11.4 Å². The van der Waals surface area contributed by atoms with Crippen molar-refractivity contribution in [2.75, 3.05) is 49.5 Å². The summed E-state index contributed by atoms with van der Waals surface area (Å²) in [5, 5.41) is 7.10. The van der Waals surface area contributed by atoms with Crippen molar-refractivity contribution >= 4 is 34.8 Å². The van der Waals surface area contributed by atoms with Crippen LogP contribution < -0.4 is 32.5 Å². The monoisotopic (exact) mass is 591 g/mol. The third-order valence-electron chi connectivity index (χ3n) is 7.65. The smallest absolute Gasteiger partial charge is 0.245 e. The first-order valence-electron chi connectivity index (χ1n) is 14.5. The summed E-state index contributed by atoms with van der Waals surface area (Å²) in [5.41, 5.74) is 13.6. The molecule has 0 bridgehead atoms. The minimum absolute atomic E-state index is 0.0765. The third kappa shape index (κ3) is 8.45. The summed E-state index contributed by atoms with van der Waals surface area (Å²) in [6.07, 6.45) is 0.927. The van der Waals surface area contributed by atoms with Crippen molar-refractivity contribution in [3.05, 3.63) is 94.5 Å². The van der Waals surface area contributed by atoms with Gasteiger partial charge in [-0.25, -0.2) is 0 Å². The highest BCUT2D eigenvalue weighted by Crippen LogP contribution is 2.27. The van der Waals surface area contributed by atoms with Crippen molar-refractivity contribution in [2.45, 2.75) is 32.4 Å². The number of halogens is 1. The van der Waals surface area contributed by atoms with Gasteiger partial charge in [0.05, 0.1) is 11.4 Å². The van der Waals surface area contributed by atoms with Gasteiger partial charge in [0, 0.05) is 63.2 Å². The van der Waals surface area contributed by atoms with Crippen LogP contribution in [0, 0.1) is 5.92 Å². The lowest BCUT2D eigenvalue weighted by molar-refractivity contribution is -0.137. The zero-order valence-corrected chi connectivity index (χ0v) is 24.9. The fourth-order valence-corrected chi connectivity index (χ4v) is 5.45. The maximum atomic E-state index is 13.9. The van der Waals surface area contributed by atoms with Crippen LogP contribution in [0.5, 0.6) is 0 Å². The lowest BCUT2D eigenvalue weighted by Crippen LogP contribution is -2.56. The van der Waals surface area contributed by atoms with Gasteiger partial charge in [-0.2, -0.15) is 0 Å². The molecule has 0 aromatic heterocycles. The Morgan fingerprint density at radius 2 is 1.57 bits per heavy atom. The zero-order chi connectivity index (χ0) is 29.9. The van der Waals surface area contributed by atoms with Gasteiger partial charge in [0.25, 0.3) is 0 Å². The molecule has 0 saturated carbocycles. The van der Waals surface area contributed by atoms with Crippen LogP contribution in [0.25, 0.3) is 0 Å². The number of para-hydroxylation sites is 2. The standard InChI is InChI=1S/C32H42ClN7O2/c1-23(20-25-6-2-3-7-26(25)22-37-35)31(41)38-29(21-24-10-12-27(33)13-11-24)32(42)40-18-16-39(17-19-40)30-9-5-4-8-28(30)36-15-14-34/h2-13,23,29,36-37H,14-22,34-35H2,1H3,(H,38,41)/t23-,29+/m0/s1. The van der Waals surface area contributed by atoms with Gasteiger partial charge in [-0.1, -0.05) is 67.1 Å². The van der Waals surface area contributed by atoms with Crippen LogP contribution in [0.3, 0.4) is 0 Å². The van der Waals surface area contributed by atoms with Crippen molar-refractivity contribution in [2.24, 2.45) is 17.5 Å². The van der Waals surface area contributed by atoms with Gasteiger partial charge in [0.2, 0.25) is 11.8 Å². The fourth-order valence-electron chi connectivity index (χ4n) is 5.33. The van der Waals surface area contributed by atoms with Crippen LogP contribution in [0.15, 0.2) is 72.8 Å². The second-order valence-electron chi connectivity index (χ2n) is 10.7. The first-order chi connectivity index (χ1) is 20.4. The lowest BCUT2D eigenvalue weighted by Gasteiger charge is -2.38. The molecule has 0 spiro atoms. The molecule has 3 aromatic rings. The van der Waals surface area contributed by atoms with E-state index < -0.39 is 6.04 Å². The van der Waals surface area contributed by atoms with E-state index in [0.29, 0.717) is 63.7 Å². The Morgan fingerprint density at radius 3 is 2.26 bits per heavy atom. The number of hydrogen-bond acceptors (Lipinski definition) is 7. The molecule has 4 rings (SSSR count). The maximum absolute atomic E-state index is 13.9. The molecule has 10 heteroatoms. The zero-order valence-electron chi connectivity index (χ0n) is 24.2. The quantitative estimate of drug-likeness (QED) is 0.153. The summed E-state index contributed by atoms with van der Waals surface area (Å²) >= 11 is 6.10. The Bertz CT molecular complexity index is 1310. The molecule has 9 nitrogen and oxygen atoms in total. The molecule has 2 amide bonds. The van der Waals surface area contributed by atoms with E-state index in [9.17, 15) is 9.59 Å². The average Bonchev–Trinajstić information content (AvgIpc) is 3.01. The molecule has 1 fully saturated rings. The van der Waals surface area contributed by atoms with Crippen LogP contribution in [-0.4, -0.2) is 62.0 Å². The summed E-state index contributed by atoms with van der Waals surface area (Å²) < 4.78 is 0. The number of nitrogens with one attached hydrogen (secondary N) is 3. The highest BCUT2D eigenvalue weighted by molar-refractivity contribution is 6.30. The van der Waals surface area contributed by atoms with Gasteiger partial charge >= 0.3 is 0 Å². The van der Waals surface area contributed by atoms with Gasteiger partial charge in [-0.05, 0) is 47.4 Å². The van der Waals surface area contributed by atoms with Gasteiger partial charge < -0.3 is 26.2 Å². The molecule has 1 heterocycles. The molecule has 0 radical (unpaired) electrons. The van der Waals surface area contributed by atoms with Gasteiger partial charge in [0.15, 0.2) is 0 Å². The van der Waals surface area contributed by atoms with E-state index in [-0.39, 0.29) is 17.7 Å². The molecule has 0 aliphatic carbocycles. The highest BCUT2D eigenvalue weighted by atomic mass is 35.5. The van der Waals surface area contributed by atoms with E-state index in [2.05, 4.69) is 27.0 Å². The normalized spacial score (nSPS) is 14.8. The number of rotatable bonds is 13. The molecule has 224 valence electrons. The van der Waals surface area contributed by atoms with Crippen LogP contribution in [-0.2, 0) is 29.0 Å². The topological polar surface area (TPSA) is 129 Å². The molecule has 2 atom stereocenters. The molecule has 42 heavy (non-hydrogen) atoms. The van der Waals surface area contributed by atoms with Gasteiger partial charge in [0.1, 0.15) is 6.04 Å². The molecule has 1 aliphatic rings. The summed E-state index contributed by atoms with van der Waals surface area (Å²) in [6, 6.07) is 22.8. The number of nitrogens with zero attached hydrogens (tertiary/aromatic N) is 2. The van der Waals surface area contributed by atoms with Crippen molar-refractivity contribution in [3.8, 4) is 0 Å². The predicted octanol–water partition coefficient (Wildman–Crippen LogP) is 2.93. The Morgan fingerprint density at radius 1 is 0.905 bits per heavy atom. The van der Waals surface area contributed by atoms with Crippen LogP contribution in [0.1, 0.15) is 23.6 Å². The number of hydrogen-bond donors (Lipinski definition) is 5. The SMILES string of the molecule is C[C@@H](Cc1ccccc1CNN)C(=O)N[C@H](Cc1ccc(Cl)cc1)C(=O)N1CCN(c2ccccc2NCCN)CC1. The van der Waals surface area contributed by atoms with E-state index in [1.54, 1.807) is 12.1 Å². The lowest BCUT2D eigenvalue weighted by atomic mass is 9.95. The van der Waals surface area contributed by atoms with E-state index in [1.807, 2.05) is 66.4 Å². The Labute approximate surface area is 253 Å². The molecule has 0 unspecified atom stereocenters. The number of carbonyl (C=O) groups excluding carboxylic acids is 2. The minimum atomic E-state index is -0.688. The number of hydrazine groups is 1. The van der Waals surface area contributed by atoms with Gasteiger partial charge in [-0.3, -0.25) is 20.9 Å². The number of carbonyl (C=O) groups is 2. The summed E-state index contributed by atoms with van der Waals surface area (Å²) in [5.74, 6) is 4.98. The predicted molar refractivity (Wildman–Crippen MR) is 170 cm³/mol. The first kappa shape index (κ1) is 31.3. The van der Waals surface area contributed by atoms with Crippen molar-refractivity contribution in [1.82, 2.24) is 15.6 Å². The van der Waals surface area contributed by atoms with E-state index in [4.69, 9.17) is 23.2 Å². The average molecular weight is 592 g/mol. The molecule has 3 aromatic carbocycles. The number of piperazine rings is 1. The molecule has 1 aliphatic heterocycles. The number of benzene rings is 3. The largest absolute Gasteiger partial charge is 0.382 e. The summed E-state index contributed by atoms with van der Waals surface area (Å²) in [7, 11) is 0. The van der Waals surface area contributed by atoms with E-state index in [1.165, 1.54) is 0 Å². The third-order valence-corrected chi connectivity index (χ3v) is 7.90. The second kappa shape index (κ2) is 15.6. The second-order valence-corrected chi connectivity index (χ2v) is 11.1. The van der Waals surface area contributed by atoms with Crippen molar-refractivity contribution in [3.63, 3.8) is 0 Å². The number of anilines is 2. The Kier molecular flexibility index (Phi) is 11.6. The van der Waals surface area contributed by atoms with Crippen molar-refractivity contribution < 1.29 is 9.59 Å². The maximum Gasteiger partial charge on any atom is 0.245 e. The first-order valence-corrected chi connectivity index (χ1v) is 14.9. The number of nitrogens with two attached hydrogens (primary N) is 2. The van der Waals surface area contributed by atoms with E-state index >= 15 is 0 Å². The summed E-state index contributed by atoms with van der Waals surface area (Å²) in [6.45, 7) is 6.15. The van der Waals surface area contributed by atoms with E-state index in [0.717, 1.165) is 28.1 Å². The minimum Gasteiger partial charge on any atom is -0.382 e. The summed E-state index contributed by atoms with van der Waals surface area (Å²) in [4.78, 5) is 31.5. The molecular formula is C32H42ClN7O2. The van der Waals surface area contributed by atoms with Crippen LogP contribution >= 0.6 is 11.6 Å². The molecular weight excluding hydrogens is 550 g/mol.